The summed E-state index contributed by atoms with van der Waals surface area (Å²) in [6.45, 7) is 3.56. The maximum absolute atomic E-state index is 12.0. The summed E-state index contributed by atoms with van der Waals surface area (Å²) in [5.41, 5.74) is 1.46. The number of urea groups is 1. The zero-order valence-electron chi connectivity index (χ0n) is 13.1. The molecule has 0 saturated heterocycles. The second-order valence-corrected chi connectivity index (χ2v) is 5.59. The summed E-state index contributed by atoms with van der Waals surface area (Å²) in [4.78, 5) is 12.0. The fraction of sp³-hybridized carbons (Fsp3) is 0.222. The van der Waals surface area contributed by atoms with E-state index in [4.69, 9.17) is 5.26 Å². The van der Waals surface area contributed by atoms with Crippen LogP contribution < -0.4 is 10.6 Å². The zero-order valence-corrected chi connectivity index (χ0v) is 13.1. The number of nitrogens with zero attached hydrogens (tertiary/aromatic N) is 1. The van der Waals surface area contributed by atoms with Crippen molar-refractivity contribution >= 4 is 11.7 Å². The maximum Gasteiger partial charge on any atom is 0.319 e. The van der Waals surface area contributed by atoms with Gasteiger partial charge in [0.1, 0.15) is 5.60 Å². The molecular formula is C18H19N3O2. The molecule has 23 heavy (non-hydrogen) atoms. The Balaban J connectivity index is 1.99. The number of rotatable bonds is 4. The van der Waals surface area contributed by atoms with Gasteiger partial charge in [-0.3, -0.25) is 0 Å². The summed E-state index contributed by atoms with van der Waals surface area (Å²) >= 11 is 0. The molecule has 2 amide bonds. The van der Waals surface area contributed by atoms with Gasteiger partial charge in [-0.25, -0.2) is 4.79 Å². The predicted octanol–water partition coefficient (Wildman–Crippen LogP) is 2.90. The van der Waals surface area contributed by atoms with E-state index in [0.717, 1.165) is 11.1 Å². The second kappa shape index (κ2) is 6.95. The predicted molar refractivity (Wildman–Crippen MR) is 88.9 cm³/mol. The molecule has 0 radical (unpaired) electrons. The highest BCUT2D eigenvalue weighted by atomic mass is 16.3. The quantitative estimate of drug-likeness (QED) is 0.812. The molecule has 0 spiro atoms. The molecule has 2 aromatic carbocycles. The fourth-order valence-electron chi connectivity index (χ4n) is 2.14. The van der Waals surface area contributed by atoms with E-state index in [1.807, 2.05) is 31.2 Å². The van der Waals surface area contributed by atoms with Gasteiger partial charge in [0.05, 0.1) is 18.2 Å². The minimum Gasteiger partial charge on any atom is -0.384 e. The van der Waals surface area contributed by atoms with Gasteiger partial charge in [-0.2, -0.15) is 5.26 Å². The van der Waals surface area contributed by atoms with Gasteiger partial charge in [-0.05, 0) is 37.1 Å². The van der Waals surface area contributed by atoms with Crippen LogP contribution in [-0.4, -0.2) is 17.7 Å². The van der Waals surface area contributed by atoms with Crippen molar-refractivity contribution in [3.63, 3.8) is 0 Å². The average Bonchev–Trinajstić information content (AvgIpc) is 2.56. The molecule has 2 aromatic rings. The molecule has 3 N–H and O–H groups in total. The van der Waals surface area contributed by atoms with Crippen LogP contribution in [0, 0.1) is 18.3 Å². The highest BCUT2D eigenvalue weighted by Gasteiger charge is 2.23. The first-order valence-electron chi connectivity index (χ1n) is 7.26. The number of amides is 2. The van der Waals surface area contributed by atoms with Crippen molar-refractivity contribution in [3.8, 4) is 6.07 Å². The molecule has 5 nitrogen and oxygen atoms in total. The minimum absolute atomic E-state index is 0.0693. The lowest BCUT2D eigenvalue weighted by Crippen LogP contribution is -2.40. The van der Waals surface area contributed by atoms with Crippen molar-refractivity contribution in [1.82, 2.24) is 5.32 Å². The van der Waals surface area contributed by atoms with E-state index in [2.05, 4.69) is 10.6 Å². The van der Waals surface area contributed by atoms with E-state index in [1.54, 1.807) is 37.3 Å². The van der Waals surface area contributed by atoms with Gasteiger partial charge in [0.25, 0.3) is 0 Å². The molecule has 5 heteroatoms. The Kier molecular flexibility index (Phi) is 4.99. The monoisotopic (exact) mass is 309 g/mol. The Morgan fingerprint density at radius 2 is 1.96 bits per heavy atom. The normalized spacial score (nSPS) is 12.8. The van der Waals surface area contributed by atoms with Crippen LogP contribution in [0.1, 0.15) is 23.6 Å². The Bertz CT molecular complexity index is 734. The topological polar surface area (TPSA) is 85.2 Å². The molecule has 0 aliphatic carbocycles. The summed E-state index contributed by atoms with van der Waals surface area (Å²) in [5.74, 6) is 0. The van der Waals surface area contributed by atoms with Gasteiger partial charge in [-0.15, -0.1) is 0 Å². The number of aryl methyl sites for hydroxylation is 1. The van der Waals surface area contributed by atoms with Gasteiger partial charge in [0, 0.05) is 5.69 Å². The van der Waals surface area contributed by atoms with Gasteiger partial charge < -0.3 is 15.7 Å². The van der Waals surface area contributed by atoms with Crippen molar-refractivity contribution in [2.24, 2.45) is 0 Å². The van der Waals surface area contributed by atoms with Crippen molar-refractivity contribution in [2.45, 2.75) is 19.4 Å². The standard InChI is InChI=1S/C18H19N3O2/c1-13-8-9-14(11-19)10-16(13)21-17(22)20-12-18(2,23)15-6-4-3-5-7-15/h3-10,23H,12H2,1-2H3,(H2,20,21,22). The molecule has 0 aromatic heterocycles. The third-order valence-electron chi connectivity index (χ3n) is 3.60. The first-order valence-corrected chi connectivity index (χ1v) is 7.26. The molecule has 1 atom stereocenters. The van der Waals surface area contributed by atoms with Crippen LogP contribution >= 0.6 is 0 Å². The van der Waals surface area contributed by atoms with E-state index in [0.29, 0.717) is 11.3 Å². The van der Waals surface area contributed by atoms with Crippen LogP contribution in [0.2, 0.25) is 0 Å². The molecular weight excluding hydrogens is 290 g/mol. The Morgan fingerprint density at radius 3 is 2.61 bits per heavy atom. The molecule has 1 unspecified atom stereocenters. The number of anilines is 1. The van der Waals surface area contributed by atoms with Crippen LogP contribution in [0.25, 0.3) is 0 Å². The Morgan fingerprint density at radius 1 is 1.26 bits per heavy atom. The molecule has 0 fully saturated rings. The fourth-order valence-corrected chi connectivity index (χ4v) is 2.14. The third-order valence-corrected chi connectivity index (χ3v) is 3.60. The molecule has 0 aliphatic heterocycles. The number of benzene rings is 2. The third kappa shape index (κ3) is 4.31. The van der Waals surface area contributed by atoms with E-state index in [1.165, 1.54) is 0 Å². The number of carbonyl (C=O) groups is 1. The maximum atomic E-state index is 12.0. The van der Waals surface area contributed by atoms with Crippen LogP contribution in [0.5, 0.6) is 0 Å². The van der Waals surface area contributed by atoms with E-state index in [9.17, 15) is 9.90 Å². The largest absolute Gasteiger partial charge is 0.384 e. The molecule has 118 valence electrons. The number of hydrogen-bond donors (Lipinski definition) is 3. The highest BCUT2D eigenvalue weighted by molar-refractivity contribution is 5.90. The summed E-state index contributed by atoms with van der Waals surface area (Å²) < 4.78 is 0. The lowest BCUT2D eigenvalue weighted by atomic mass is 9.96. The van der Waals surface area contributed by atoms with E-state index in [-0.39, 0.29) is 6.54 Å². The molecule has 2 rings (SSSR count). The lowest BCUT2D eigenvalue weighted by Gasteiger charge is -2.24. The minimum atomic E-state index is -1.16. The first kappa shape index (κ1) is 16.5. The van der Waals surface area contributed by atoms with Gasteiger partial charge >= 0.3 is 6.03 Å². The number of hydrogen-bond acceptors (Lipinski definition) is 3. The van der Waals surface area contributed by atoms with Gasteiger partial charge in [0.15, 0.2) is 0 Å². The number of carbonyl (C=O) groups excluding carboxylic acids is 1. The van der Waals surface area contributed by atoms with Crippen LogP contribution in [0.15, 0.2) is 48.5 Å². The first-order chi connectivity index (χ1) is 10.9. The smallest absolute Gasteiger partial charge is 0.319 e. The van der Waals surface area contributed by atoms with E-state index >= 15 is 0 Å². The van der Waals surface area contributed by atoms with Crippen molar-refractivity contribution in [1.29, 1.82) is 5.26 Å². The average molecular weight is 309 g/mol. The highest BCUT2D eigenvalue weighted by Crippen LogP contribution is 2.19. The second-order valence-electron chi connectivity index (χ2n) is 5.59. The molecule has 0 aliphatic rings. The summed E-state index contributed by atoms with van der Waals surface area (Å²) in [7, 11) is 0. The Labute approximate surface area is 135 Å². The van der Waals surface area contributed by atoms with Crippen LogP contribution in [0.4, 0.5) is 10.5 Å². The van der Waals surface area contributed by atoms with Crippen molar-refractivity contribution < 1.29 is 9.90 Å². The van der Waals surface area contributed by atoms with Crippen LogP contribution in [-0.2, 0) is 5.60 Å². The molecule has 0 heterocycles. The van der Waals surface area contributed by atoms with Crippen LogP contribution in [0.3, 0.4) is 0 Å². The Hall–Kier alpha value is -2.84. The lowest BCUT2D eigenvalue weighted by molar-refractivity contribution is 0.0599. The number of nitriles is 1. The number of nitrogens with one attached hydrogen (secondary N) is 2. The van der Waals surface area contributed by atoms with E-state index < -0.39 is 11.6 Å². The molecule has 0 bridgehead atoms. The molecule has 0 saturated carbocycles. The summed E-state index contributed by atoms with van der Waals surface area (Å²) in [6, 6.07) is 15.8. The number of aliphatic hydroxyl groups is 1. The van der Waals surface area contributed by atoms with Crippen molar-refractivity contribution in [2.75, 3.05) is 11.9 Å². The summed E-state index contributed by atoms with van der Waals surface area (Å²) in [6.07, 6.45) is 0. The van der Waals surface area contributed by atoms with Gasteiger partial charge in [-0.1, -0.05) is 36.4 Å². The van der Waals surface area contributed by atoms with Gasteiger partial charge in [0.2, 0.25) is 0 Å². The SMILES string of the molecule is Cc1ccc(C#N)cc1NC(=O)NCC(C)(O)c1ccccc1. The summed E-state index contributed by atoms with van der Waals surface area (Å²) in [5, 5.41) is 24.7. The zero-order chi connectivity index (χ0) is 16.9. The van der Waals surface area contributed by atoms with Crippen molar-refractivity contribution in [3.05, 3.63) is 65.2 Å².